The fourth-order valence-corrected chi connectivity index (χ4v) is 3.39. The maximum absolute atomic E-state index is 13.1. The van der Waals surface area contributed by atoms with Crippen LogP contribution in [0.25, 0.3) is 5.57 Å². The number of benzene rings is 1. The van der Waals surface area contributed by atoms with Crippen LogP contribution in [0.3, 0.4) is 0 Å². The summed E-state index contributed by atoms with van der Waals surface area (Å²) in [5.41, 5.74) is 0.131. The van der Waals surface area contributed by atoms with Gasteiger partial charge in [-0.1, -0.05) is 6.58 Å². The molecule has 6 nitrogen and oxygen atoms in total. The number of nitriles is 1. The zero-order valence-electron chi connectivity index (χ0n) is 16.9. The van der Waals surface area contributed by atoms with E-state index in [1.54, 1.807) is 25.1 Å². The molecule has 0 aliphatic heterocycles. The lowest BCUT2D eigenvalue weighted by atomic mass is 9.92. The van der Waals surface area contributed by atoms with Crippen LogP contribution in [0.4, 0.5) is 13.2 Å². The highest BCUT2D eigenvalue weighted by Crippen LogP contribution is 2.35. The molecule has 1 fully saturated rings. The fraction of sp³-hybridized carbons (Fsp3) is 0.364. The molecule has 1 aromatic carbocycles. The van der Waals surface area contributed by atoms with Gasteiger partial charge in [0.05, 0.1) is 29.0 Å². The third kappa shape index (κ3) is 5.60. The van der Waals surface area contributed by atoms with Crippen LogP contribution in [0.2, 0.25) is 0 Å². The van der Waals surface area contributed by atoms with Crippen LogP contribution in [0.15, 0.2) is 36.9 Å². The van der Waals surface area contributed by atoms with Crippen molar-refractivity contribution < 1.29 is 22.7 Å². The van der Waals surface area contributed by atoms with Gasteiger partial charge >= 0.3 is 6.18 Å². The lowest BCUT2D eigenvalue weighted by Gasteiger charge is -2.29. The highest BCUT2D eigenvalue weighted by molar-refractivity contribution is 5.92. The van der Waals surface area contributed by atoms with Crippen molar-refractivity contribution in [2.75, 3.05) is 0 Å². The standard InChI is InChI=1S/C22H21F3N4O2/c1-13(2)19-9-10-20(29-28-19)21(30)27-15-4-7-16(8-5-15)31-17-6-3-14(12-26)18(11-17)22(23,24)25/h3,6,9-11,15-16H,1,4-5,7-8H2,2H3,(H,27,30). The molecule has 0 atom stereocenters. The predicted octanol–water partition coefficient (Wildman–Crippen LogP) is 4.52. The Morgan fingerprint density at radius 3 is 2.35 bits per heavy atom. The molecule has 1 heterocycles. The first-order valence-electron chi connectivity index (χ1n) is 9.76. The Labute approximate surface area is 177 Å². The summed E-state index contributed by atoms with van der Waals surface area (Å²) >= 11 is 0. The van der Waals surface area contributed by atoms with E-state index in [1.807, 2.05) is 0 Å². The van der Waals surface area contributed by atoms with E-state index in [4.69, 9.17) is 10.00 Å². The Hall–Kier alpha value is -3.41. The average molecular weight is 430 g/mol. The highest BCUT2D eigenvalue weighted by atomic mass is 19.4. The van der Waals surface area contributed by atoms with Gasteiger partial charge in [-0.2, -0.15) is 23.5 Å². The van der Waals surface area contributed by atoms with Gasteiger partial charge in [-0.05, 0) is 68.5 Å². The van der Waals surface area contributed by atoms with Gasteiger partial charge < -0.3 is 10.1 Å². The van der Waals surface area contributed by atoms with E-state index in [2.05, 4.69) is 22.1 Å². The molecule has 1 aliphatic carbocycles. The monoisotopic (exact) mass is 430 g/mol. The SMILES string of the molecule is C=C(C)c1ccc(C(=O)NC2CCC(Oc3ccc(C#N)c(C(F)(F)F)c3)CC2)nn1. The Kier molecular flexibility index (Phi) is 6.59. The molecule has 0 unspecified atom stereocenters. The lowest BCUT2D eigenvalue weighted by molar-refractivity contribution is -0.137. The molecule has 0 radical (unpaired) electrons. The summed E-state index contributed by atoms with van der Waals surface area (Å²) < 4.78 is 45.0. The van der Waals surface area contributed by atoms with E-state index >= 15 is 0 Å². The van der Waals surface area contributed by atoms with Crippen molar-refractivity contribution in [3.63, 3.8) is 0 Å². The summed E-state index contributed by atoms with van der Waals surface area (Å²) in [7, 11) is 0. The van der Waals surface area contributed by atoms with Gasteiger partial charge in [0.15, 0.2) is 5.69 Å². The van der Waals surface area contributed by atoms with Crippen molar-refractivity contribution in [1.82, 2.24) is 15.5 Å². The highest BCUT2D eigenvalue weighted by Gasteiger charge is 2.34. The van der Waals surface area contributed by atoms with Crippen LogP contribution >= 0.6 is 0 Å². The molecule has 1 saturated carbocycles. The van der Waals surface area contributed by atoms with Gasteiger partial charge in [-0.25, -0.2) is 0 Å². The molecule has 0 spiro atoms. The molecular weight excluding hydrogens is 409 g/mol. The molecule has 162 valence electrons. The summed E-state index contributed by atoms with van der Waals surface area (Å²) in [6.45, 7) is 5.57. The first-order chi connectivity index (χ1) is 14.7. The smallest absolute Gasteiger partial charge is 0.417 e. The molecular formula is C22H21F3N4O2. The van der Waals surface area contributed by atoms with Crippen molar-refractivity contribution in [3.8, 4) is 11.8 Å². The van der Waals surface area contributed by atoms with Crippen molar-refractivity contribution >= 4 is 11.5 Å². The number of carbonyl (C=O) groups is 1. The van der Waals surface area contributed by atoms with Gasteiger partial charge in [0.25, 0.3) is 5.91 Å². The molecule has 0 bridgehead atoms. The maximum atomic E-state index is 13.1. The van der Waals surface area contributed by atoms with E-state index < -0.39 is 17.3 Å². The van der Waals surface area contributed by atoms with Crippen LogP contribution in [-0.2, 0) is 6.18 Å². The Morgan fingerprint density at radius 1 is 1.16 bits per heavy atom. The summed E-state index contributed by atoms with van der Waals surface area (Å²) in [5, 5.41) is 19.7. The maximum Gasteiger partial charge on any atom is 0.417 e. The summed E-state index contributed by atoms with van der Waals surface area (Å²) in [5.74, 6) is -0.251. The van der Waals surface area contributed by atoms with Gasteiger partial charge in [-0.15, -0.1) is 5.10 Å². The summed E-state index contributed by atoms with van der Waals surface area (Å²) in [6.07, 6.45) is -2.50. The number of ether oxygens (including phenoxy) is 1. The zero-order valence-corrected chi connectivity index (χ0v) is 16.9. The second-order valence-electron chi connectivity index (χ2n) is 7.47. The van der Waals surface area contributed by atoms with Gasteiger partial charge in [-0.3, -0.25) is 4.79 Å². The molecule has 1 aromatic heterocycles. The first-order valence-corrected chi connectivity index (χ1v) is 9.76. The molecule has 1 N–H and O–H groups in total. The number of amides is 1. The summed E-state index contributed by atoms with van der Waals surface area (Å²) in [6, 6.07) is 8.08. The van der Waals surface area contributed by atoms with Crippen LogP contribution in [0.5, 0.6) is 5.75 Å². The number of hydrogen-bond acceptors (Lipinski definition) is 5. The Bertz CT molecular complexity index is 1000. The normalized spacial score (nSPS) is 18.7. The number of hydrogen-bond donors (Lipinski definition) is 1. The molecule has 2 aromatic rings. The number of nitrogens with one attached hydrogen (secondary N) is 1. The molecule has 0 saturated heterocycles. The average Bonchev–Trinajstić information content (AvgIpc) is 2.74. The Morgan fingerprint density at radius 2 is 1.81 bits per heavy atom. The van der Waals surface area contributed by atoms with Crippen molar-refractivity contribution in [3.05, 3.63) is 59.4 Å². The van der Waals surface area contributed by atoms with Crippen LogP contribution < -0.4 is 10.1 Å². The minimum atomic E-state index is -4.63. The minimum absolute atomic E-state index is 0.0756. The first kappa shape index (κ1) is 22.3. The number of nitrogens with zero attached hydrogens (tertiary/aromatic N) is 3. The molecule has 31 heavy (non-hydrogen) atoms. The third-order valence-electron chi connectivity index (χ3n) is 5.06. The Balaban J connectivity index is 1.55. The fourth-order valence-electron chi connectivity index (χ4n) is 3.39. The van der Waals surface area contributed by atoms with Crippen LogP contribution in [0, 0.1) is 11.3 Å². The molecule has 3 rings (SSSR count). The number of alkyl halides is 3. The van der Waals surface area contributed by atoms with Crippen molar-refractivity contribution in [1.29, 1.82) is 5.26 Å². The number of aromatic nitrogens is 2. The number of halogens is 3. The lowest BCUT2D eigenvalue weighted by Crippen LogP contribution is -2.40. The topological polar surface area (TPSA) is 87.9 Å². The van der Waals surface area contributed by atoms with Gasteiger partial charge in [0.2, 0.25) is 0 Å². The minimum Gasteiger partial charge on any atom is -0.490 e. The van der Waals surface area contributed by atoms with E-state index in [0.29, 0.717) is 31.4 Å². The largest absolute Gasteiger partial charge is 0.490 e. The van der Waals surface area contributed by atoms with E-state index in [9.17, 15) is 18.0 Å². The molecule has 9 heteroatoms. The van der Waals surface area contributed by atoms with E-state index in [1.165, 1.54) is 6.07 Å². The number of rotatable bonds is 5. The second kappa shape index (κ2) is 9.16. The van der Waals surface area contributed by atoms with Crippen LogP contribution in [-0.4, -0.2) is 28.3 Å². The number of carbonyl (C=O) groups excluding carboxylic acids is 1. The molecule has 1 aliphatic rings. The number of allylic oxidation sites excluding steroid dienone is 1. The third-order valence-corrected chi connectivity index (χ3v) is 5.06. The quantitative estimate of drug-likeness (QED) is 0.754. The van der Waals surface area contributed by atoms with Crippen molar-refractivity contribution in [2.24, 2.45) is 0 Å². The van der Waals surface area contributed by atoms with E-state index in [0.717, 1.165) is 17.7 Å². The summed E-state index contributed by atoms with van der Waals surface area (Å²) in [4.78, 5) is 12.4. The zero-order chi connectivity index (χ0) is 22.6. The second-order valence-corrected chi connectivity index (χ2v) is 7.47. The molecule has 1 amide bonds. The van der Waals surface area contributed by atoms with Gasteiger partial charge in [0, 0.05) is 6.04 Å². The van der Waals surface area contributed by atoms with Crippen molar-refractivity contribution in [2.45, 2.75) is 50.9 Å². The van der Waals surface area contributed by atoms with Crippen LogP contribution in [0.1, 0.15) is 59.9 Å². The van der Waals surface area contributed by atoms with E-state index in [-0.39, 0.29) is 29.5 Å². The van der Waals surface area contributed by atoms with Gasteiger partial charge in [0.1, 0.15) is 5.75 Å². The predicted molar refractivity (Wildman–Crippen MR) is 107 cm³/mol.